The molecule has 1 heterocycles. The molecule has 0 radical (unpaired) electrons. The van der Waals surface area contributed by atoms with Crippen molar-refractivity contribution in [1.82, 2.24) is 15.2 Å². The van der Waals surface area contributed by atoms with Crippen molar-refractivity contribution < 1.29 is 9.18 Å². The molecule has 0 saturated heterocycles. The van der Waals surface area contributed by atoms with Gasteiger partial charge in [0, 0.05) is 4.47 Å². The van der Waals surface area contributed by atoms with Gasteiger partial charge < -0.3 is 0 Å². The fraction of sp³-hybridized carbons (Fsp3) is 0.167. The summed E-state index contributed by atoms with van der Waals surface area (Å²) in [7, 11) is 0. The Labute approximate surface area is 117 Å². The van der Waals surface area contributed by atoms with Crippen molar-refractivity contribution in [1.29, 1.82) is 0 Å². The maximum atomic E-state index is 12.9. The summed E-state index contributed by atoms with van der Waals surface area (Å²) >= 11 is 3.13. The summed E-state index contributed by atoms with van der Waals surface area (Å²) in [5, 5.41) is 10.1. The van der Waals surface area contributed by atoms with Crippen molar-refractivity contribution >= 4 is 27.8 Å². The van der Waals surface area contributed by atoms with Gasteiger partial charge in [-0.3, -0.25) is 10.1 Å². The second-order valence-electron chi connectivity index (χ2n) is 3.88. The number of carbonyl (C=O) groups is 1. The van der Waals surface area contributed by atoms with E-state index in [0.29, 0.717) is 21.4 Å². The Morgan fingerprint density at radius 3 is 2.63 bits per heavy atom. The Kier molecular flexibility index (Phi) is 3.84. The number of aryl methyl sites for hydroxylation is 2. The lowest BCUT2D eigenvalue weighted by atomic mass is 10.2. The van der Waals surface area contributed by atoms with Crippen LogP contribution in [-0.4, -0.2) is 21.1 Å². The summed E-state index contributed by atoms with van der Waals surface area (Å²) in [6.07, 6.45) is 0. The predicted octanol–water partition coefficient (Wildman–Crippen LogP) is 2.64. The standard InChI is InChI=1S/C12H10BrFN4O/c1-6-7(2)17-18-12(15-6)16-11(19)9-4-3-8(14)5-10(9)13/h3-5H,1-2H3,(H,15,16,18,19). The molecule has 2 aromatic rings. The molecule has 1 aromatic heterocycles. The number of nitrogens with zero attached hydrogens (tertiary/aromatic N) is 3. The van der Waals surface area contributed by atoms with Crippen LogP contribution in [0.1, 0.15) is 21.7 Å². The van der Waals surface area contributed by atoms with E-state index in [9.17, 15) is 9.18 Å². The molecule has 0 aliphatic heterocycles. The molecule has 0 saturated carbocycles. The third-order valence-corrected chi connectivity index (χ3v) is 3.15. The van der Waals surface area contributed by atoms with E-state index >= 15 is 0 Å². The van der Waals surface area contributed by atoms with Crippen molar-refractivity contribution in [3.05, 3.63) is 45.4 Å². The van der Waals surface area contributed by atoms with Gasteiger partial charge in [-0.2, -0.15) is 5.10 Å². The summed E-state index contributed by atoms with van der Waals surface area (Å²) in [5.74, 6) is -0.742. The lowest BCUT2D eigenvalue weighted by Gasteiger charge is -2.06. The maximum Gasteiger partial charge on any atom is 0.259 e. The minimum atomic E-state index is -0.433. The van der Waals surface area contributed by atoms with Gasteiger partial charge in [-0.05, 0) is 48.0 Å². The van der Waals surface area contributed by atoms with Crippen molar-refractivity contribution in [3.8, 4) is 0 Å². The fourth-order valence-corrected chi connectivity index (χ4v) is 1.88. The fourth-order valence-electron chi connectivity index (χ4n) is 1.35. The number of aromatic nitrogens is 3. The average Bonchev–Trinajstić information content (AvgIpc) is 2.33. The molecule has 7 heteroatoms. The van der Waals surface area contributed by atoms with E-state index in [1.807, 2.05) is 0 Å². The number of rotatable bonds is 2. The van der Waals surface area contributed by atoms with Crippen LogP contribution >= 0.6 is 15.9 Å². The van der Waals surface area contributed by atoms with Crippen LogP contribution in [0.3, 0.4) is 0 Å². The van der Waals surface area contributed by atoms with Crippen LogP contribution in [0.25, 0.3) is 0 Å². The molecule has 0 bridgehead atoms. The van der Waals surface area contributed by atoms with Gasteiger partial charge in [-0.15, -0.1) is 5.10 Å². The van der Waals surface area contributed by atoms with Crippen LogP contribution in [0.15, 0.2) is 22.7 Å². The number of amides is 1. The predicted molar refractivity (Wildman–Crippen MR) is 71.4 cm³/mol. The lowest BCUT2D eigenvalue weighted by molar-refractivity contribution is 0.102. The molecule has 0 aliphatic rings. The zero-order valence-corrected chi connectivity index (χ0v) is 11.8. The average molecular weight is 325 g/mol. The molecule has 19 heavy (non-hydrogen) atoms. The third kappa shape index (κ3) is 3.11. The molecule has 0 unspecified atom stereocenters. The Morgan fingerprint density at radius 2 is 2.00 bits per heavy atom. The maximum absolute atomic E-state index is 12.9. The first-order valence-electron chi connectivity index (χ1n) is 5.41. The number of halogens is 2. The summed E-state index contributed by atoms with van der Waals surface area (Å²) in [6, 6.07) is 3.80. The van der Waals surface area contributed by atoms with Crippen LogP contribution in [0.2, 0.25) is 0 Å². The topological polar surface area (TPSA) is 67.8 Å². The molecule has 1 aromatic carbocycles. The highest BCUT2D eigenvalue weighted by molar-refractivity contribution is 9.10. The Morgan fingerprint density at radius 1 is 1.26 bits per heavy atom. The van der Waals surface area contributed by atoms with E-state index in [1.54, 1.807) is 13.8 Å². The van der Waals surface area contributed by atoms with Crippen molar-refractivity contribution in [2.45, 2.75) is 13.8 Å². The third-order valence-electron chi connectivity index (χ3n) is 2.49. The van der Waals surface area contributed by atoms with Gasteiger partial charge in [0.1, 0.15) is 5.82 Å². The number of anilines is 1. The van der Waals surface area contributed by atoms with Gasteiger partial charge in [-0.1, -0.05) is 0 Å². The van der Waals surface area contributed by atoms with Crippen LogP contribution in [0.4, 0.5) is 10.3 Å². The number of hydrogen-bond donors (Lipinski definition) is 1. The number of hydrogen-bond acceptors (Lipinski definition) is 4. The van der Waals surface area contributed by atoms with E-state index in [2.05, 4.69) is 36.4 Å². The minimum Gasteiger partial charge on any atom is -0.289 e. The Bertz CT molecular complexity index is 648. The first-order valence-corrected chi connectivity index (χ1v) is 6.21. The van der Waals surface area contributed by atoms with Crippen LogP contribution < -0.4 is 5.32 Å². The molecule has 2 rings (SSSR count). The molecule has 0 fully saturated rings. The van der Waals surface area contributed by atoms with Crippen LogP contribution in [0, 0.1) is 19.7 Å². The summed E-state index contributed by atoms with van der Waals surface area (Å²) in [4.78, 5) is 16.1. The van der Waals surface area contributed by atoms with Crippen molar-refractivity contribution in [3.63, 3.8) is 0 Å². The monoisotopic (exact) mass is 324 g/mol. The van der Waals surface area contributed by atoms with Crippen molar-refractivity contribution in [2.75, 3.05) is 5.32 Å². The number of nitrogens with one attached hydrogen (secondary N) is 1. The molecule has 1 N–H and O–H groups in total. The number of benzene rings is 1. The van der Waals surface area contributed by atoms with Gasteiger partial charge in [-0.25, -0.2) is 9.37 Å². The van der Waals surface area contributed by atoms with Crippen LogP contribution in [-0.2, 0) is 0 Å². The summed E-state index contributed by atoms with van der Waals surface area (Å²) in [6.45, 7) is 3.55. The molecule has 0 aliphatic carbocycles. The van der Waals surface area contributed by atoms with Gasteiger partial charge in [0.25, 0.3) is 5.91 Å². The van der Waals surface area contributed by atoms with Gasteiger partial charge in [0.15, 0.2) is 0 Å². The SMILES string of the molecule is Cc1nnc(NC(=O)c2ccc(F)cc2Br)nc1C. The normalized spacial score (nSPS) is 10.3. The molecular formula is C12H10BrFN4O. The van der Waals surface area contributed by atoms with E-state index in [1.165, 1.54) is 18.2 Å². The highest BCUT2D eigenvalue weighted by Crippen LogP contribution is 2.18. The first kappa shape index (κ1) is 13.5. The second kappa shape index (κ2) is 5.40. The van der Waals surface area contributed by atoms with Gasteiger partial charge in [0.2, 0.25) is 5.95 Å². The largest absolute Gasteiger partial charge is 0.289 e. The van der Waals surface area contributed by atoms with E-state index in [-0.39, 0.29) is 5.95 Å². The van der Waals surface area contributed by atoms with Crippen molar-refractivity contribution in [2.24, 2.45) is 0 Å². The highest BCUT2D eigenvalue weighted by Gasteiger charge is 2.13. The Hall–Kier alpha value is -1.89. The van der Waals surface area contributed by atoms with E-state index in [0.717, 1.165) is 0 Å². The molecular weight excluding hydrogens is 315 g/mol. The molecule has 1 amide bonds. The summed E-state index contributed by atoms with van der Waals surface area (Å²) < 4.78 is 13.3. The molecule has 0 atom stereocenters. The summed E-state index contributed by atoms with van der Waals surface area (Å²) in [5.41, 5.74) is 1.67. The molecule has 98 valence electrons. The van der Waals surface area contributed by atoms with Gasteiger partial charge >= 0.3 is 0 Å². The van der Waals surface area contributed by atoms with E-state index in [4.69, 9.17) is 0 Å². The zero-order chi connectivity index (χ0) is 14.0. The molecule has 0 spiro atoms. The Balaban J connectivity index is 2.23. The minimum absolute atomic E-state index is 0.115. The van der Waals surface area contributed by atoms with E-state index < -0.39 is 11.7 Å². The first-order chi connectivity index (χ1) is 8.97. The molecule has 5 nitrogen and oxygen atoms in total. The quantitative estimate of drug-likeness (QED) is 0.922. The smallest absolute Gasteiger partial charge is 0.259 e. The lowest BCUT2D eigenvalue weighted by Crippen LogP contribution is -2.16. The second-order valence-corrected chi connectivity index (χ2v) is 4.74. The highest BCUT2D eigenvalue weighted by atomic mass is 79.9. The van der Waals surface area contributed by atoms with Crippen LogP contribution in [0.5, 0.6) is 0 Å². The zero-order valence-electron chi connectivity index (χ0n) is 10.2. The van der Waals surface area contributed by atoms with Gasteiger partial charge in [0.05, 0.1) is 17.0 Å². The number of carbonyl (C=O) groups excluding carboxylic acids is 1.